The van der Waals surface area contributed by atoms with Crippen LogP contribution in [0.2, 0.25) is 0 Å². The van der Waals surface area contributed by atoms with Gasteiger partial charge in [0.1, 0.15) is 12.1 Å². The van der Waals surface area contributed by atoms with E-state index in [1.54, 1.807) is 6.20 Å². The molecule has 0 spiro atoms. The van der Waals surface area contributed by atoms with Gasteiger partial charge < -0.3 is 4.74 Å². The third-order valence-corrected chi connectivity index (χ3v) is 3.41. The normalized spacial score (nSPS) is 10.2. The Labute approximate surface area is 110 Å². The topological polar surface area (TPSA) is 35.0 Å². The minimum atomic E-state index is 0.511. The van der Waals surface area contributed by atoms with Gasteiger partial charge in [-0.25, -0.2) is 9.97 Å². The average molecular weight is 344 g/mol. The molecule has 0 fully saturated rings. The van der Waals surface area contributed by atoms with Gasteiger partial charge in [-0.3, -0.25) is 0 Å². The van der Waals surface area contributed by atoms with Crippen molar-refractivity contribution in [3.8, 4) is 11.6 Å². The Hall–Kier alpha value is -0.940. The number of benzene rings is 1. The second kappa shape index (κ2) is 4.93. The van der Waals surface area contributed by atoms with Crippen LogP contribution >= 0.6 is 31.9 Å². The molecule has 0 amide bonds. The summed E-state index contributed by atoms with van der Waals surface area (Å²) in [5.41, 5.74) is 1.11. The predicted octanol–water partition coefficient (Wildman–Crippen LogP) is 4.10. The van der Waals surface area contributed by atoms with E-state index in [1.807, 2.05) is 25.1 Å². The molecule has 0 aliphatic rings. The van der Waals surface area contributed by atoms with E-state index in [0.717, 1.165) is 20.3 Å². The van der Waals surface area contributed by atoms with E-state index >= 15 is 0 Å². The zero-order chi connectivity index (χ0) is 11.5. The summed E-state index contributed by atoms with van der Waals surface area (Å²) in [6.07, 6.45) is 3.10. The maximum absolute atomic E-state index is 5.63. The summed E-state index contributed by atoms with van der Waals surface area (Å²) in [4.78, 5) is 7.91. The monoisotopic (exact) mass is 342 g/mol. The van der Waals surface area contributed by atoms with E-state index in [4.69, 9.17) is 4.74 Å². The number of aryl methyl sites for hydroxylation is 1. The third-order valence-electron chi connectivity index (χ3n) is 1.98. The summed E-state index contributed by atoms with van der Waals surface area (Å²) in [6.45, 7) is 2.01. The first-order valence-electron chi connectivity index (χ1n) is 4.56. The van der Waals surface area contributed by atoms with Gasteiger partial charge in [0.25, 0.3) is 0 Å². The molecule has 5 heteroatoms. The number of aromatic nitrogens is 2. The summed E-state index contributed by atoms with van der Waals surface area (Å²) in [6, 6.07) is 5.77. The summed E-state index contributed by atoms with van der Waals surface area (Å²) < 4.78 is 7.42. The maximum atomic E-state index is 5.63. The fraction of sp³-hybridized carbons (Fsp3) is 0.0909. The lowest BCUT2D eigenvalue weighted by Gasteiger charge is -2.07. The van der Waals surface area contributed by atoms with Gasteiger partial charge in [0, 0.05) is 10.7 Å². The second-order valence-electron chi connectivity index (χ2n) is 3.19. The quantitative estimate of drug-likeness (QED) is 0.823. The Morgan fingerprint density at radius 2 is 2.00 bits per heavy atom. The lowest BCUT2D eigenvalue weighted by molar-refractivity contribution is 0.457. The van der Waals surface area contributed by atoms with Crippen molar-refractivity contribution in [2.75, 3.05) is 0 Å². The molecular formula is C11H8Br2N2O. The van der Waals surface area contributed by atoms with Crippen molar-refractivity contribution >= 4 is 31.9 Å². The van der Waals surface area contributed by atoms with E-state index in [9.17, 15) is 0 Å². The van der Waals surface area contributed by atoms with E-state index < -0.39 is 0 Å². The van der Waals surface area contributed by atoms with Crippen molar-refractivity contribution in [1.82, 2.24) is 9.97 Å². The van der Waals surface area contributed by atoms with Crippen LogP contribution in [0.4, 0.5) is 0 Å². The highest BCUT2D eigenvalue weighted by atomic mass is 79.9. The van der Waals surface area contributed by atoms with Gasteiger partial charge in [0.05, 0.1) is 4.47 Å². The third kappa shape index (κ3) is 2.59. The number of hydrogen-bond acceptors (Lipinski definition) is 3. The van der Waals surface area contributed by atoms with Crippen LogP contribution < -0.4 is 4.74 Å². The van der Waals surface area contributed by atoms with Crippen LogP contribution in [0.5, 0.6) is 11.6 Å². The summed E-state index contributed by atoms with van der Waals surface area (Å²) in [5, 5.41) is 0. The molecule has 0 saturated carbocycles. The molecule has 82 valence electrons. The molecule has 2 aromatic rings. The molecule has 0 saturated heterocycles. The van der Waals surface area contributed by atoms with Gasteiger partial charge in [0.2, 0.25) is 5.88 Å². The molecule has 3 nitrogen and oxygen atoms in total. The molecule has 0 radical (unpaired) electrons. The Bertz CT molecular complexity index is 517. The summed E-state index contributed by atoms with van der Waals surface area (Å²) >= 11 is 6.77. The molecule has 1 aromatic heterocycles. The second-order valence-corrected chi connectivity index (χ2v) is 4.90. The van der Waals surface area contributed by atoms with Crippen molar-refractivity contribution in [2.24, 2.45) is 0 Å². The minimum absolute atomic E-state index is 0.511. The van der Waals surface area contributed by atoms with Crippen LogP contribution in [0.25, 0.3) is 0 Å². The fourth-order valence-electron chi connectivity index (χ4n) is 1.17. The Morgan fingerprint density at radius 3 is 2.69 bits per heavy atom. The molecule has 0 atom stereocenters. The van der Waals surface area contributed by atoms with E-state index in [0.29, 0.717) is 5.88 Å². The lowest BCUT2D eigenvalue weighted by Crippen LogP contribution is -1.90. The SMILES string of the molecule is Cc1cc(Oc2ncncc2Br)ccc1Br. The molecule has 0 N–H and O–H groups in total. The number of ether oxygens (including phenoxy) is 1. The smallest absolute Gasteiger partial charge is 0.236 e. The van der Waals surface area contributed by atoms with E-state index in [2.05, 4.69) is 41.8 Å². The number of nitrogens with zero attached hydrogens (tertiary/aromatic N) is 2. The van der Waals surface area contributed by atoms with Crippen molar-refractivity contribution in [1.29, 1.82) is 0 Å². The lowest BCUT2D eigenvalue weighted by atomic mass is 10.2. The Balaban J connectivity index is 2.28. The first kappa shape index (κ1) is 11.5. The van der Waals surface area contributed by atoms with Gasteiger partial charge in [-0.2, -0.15) is 0 Å². The number of rotatable bonds is 2. The minimum Gasteiger partial charge on any atom is -0.438 e. The molecule has 2 rings (SSSR count). The molecule has 1 aromatic carbocycles. The van der Waals surface area contributed by atoms with Crippen LogP contribution in [0.15, 0.2) is 39.7 Å². The zero-order valence-corrected chi connectivity index (χ0v) is 11.6. The van der Waals surface area contributed by atoms with Crippen molar-refractivity contribution in [3.63, 3.8) is 0 Å². The first-order valence-corrected chi connectivity index (χ1v) is 6.15. The van der Waals surface area contributed by atoms with Crippen molar-refractivity contribution in [3.05, 3.63) is 45.2 Å². The molecule has 0 unspecified atom stereocenters. The summed E-state index contributed by atoms with van der Waals surface area (Å²) in [5.74, 6) is 1.26. The van der Waals surface area contributed by atoms with Crippen LogP contribution in [-0.4, -0.2) is 9.97 Å². The first-order chi connectivity index (χ1) is 7.66. The van der Waals surface area contributed by atoms with Gasteiger partial charge in [-0.15, -0.1) is 0 Å². The van der Waals surface area contributed by atoms with Gasteiger partial charge in [-0.1, -0.05) is 15.9 Å². The zero-order valence-electron chi connectivity index (χ0n) is 8.45. The van der Waals surface area contributed by atoms with Crippen molar-refractivity contribution < 1.29 is 4.74 Å². The Morgan fingerprint density at radius 1 is 1.19 bits per heavy atom. The van der Waals surface area contributed by atoms with Crippen LogP contribution in [-0.2, 0) is 0 Å². The van der Waals surface area contributed by atoms with Crippen LogP contribution in [0, 0.1) is 6.92 Å². The van der Waals surface area contributed by atoms with Crippen LogP contribution in [0.3, 0.4) is 0 Å². The molecule has 0 bridgehead atoms. The van der Waals surface area contributed by atoms with Gasteiger partial charge in [-0.05, 0) is 46.6 Å². The summed E-state index contributed by atoms with van der Waals surface area (Å²) in [7, 11) is 0. The molecule has 0 aliphatic carbocycles. The molecule has 1 heterocycles. The molecule has 16 heavy (non-hydrogen) atoms. The molecule has 0 aliphatic heterocycles. The van der Waals surface area contributed by atoms with Gasteiger partial charge in [0.15, 0.2) is 0 Å². The number of halogens is 2. The highest BCUT2D eigenvalue weighted by molar-refractivity contribution is 9.10. The Kier molecular flexibility index (Phi) is 3.56. The number of hydrogen-bond donors (Lipinski definition) is 0. The fourth-order valence-corrected chi connectivity index (χ4v) is 1.72. The predicted molar refractivity (Wildman–Crippen MR) is 68.7 cm³/mol. The van der Waals surface area contributed by atoms with E-state index in [1.165, 1.54) is 6.33 Å². The standard InChI is InChI=1S/C11H8Br2N2O/c1-7-4-8(2-3-9(7)12)16-11-10(13)5-14-6-15-11/h2-6H,1H3. The maximum Gasteiger partial charge on any atom is 0.236 e. The molecular weight excluding hydrogens is 336 g/mol. The largest absolute Gasteiger partial charge is 0.438 e. The highest BCUT2D eigenvalue weighted by Gasteiger charge is 2.04. The van der Waals surface area contributed by atoms with Gasteiger partial charge >= 0.3 is 0 Å². The van der Waals surface area contributed by atoms with E-state index in [-0.39, 0.29) is 0 Å². The van der Waals surface area contributed by atoms with Crippen LogP contribution in [0.1, 0.15) is 5.56 Å². The van der Waals surface area contributed by atoms with Crippen molar-refractivity contribution in [2.45, 2.75) is 6.92 Å². The highest BCUT2D eigenvalue weighted by Crippen LogP contribution is 2.28. The average Bonchev–Trinajstić information content (AvgIpc) is 2.27.